The zero-order valence-corrected chi connectivity index (χ0v) is 15.7. The zero-order chi connectivity index (χ0) is 15.6. The fourth-order valence-corrected chi connectivity index (χ4v) is 4.16. The molecule has 0 fully saturated rings. The van der Waals surface area contributed by atoms with Crippen LogP contribution in [-0.4, -0.2) is 13.4 Å². The Morgan fingerprint density at radius 2 is 1.86 bits per heavy atom. The van der Waals surface area contributed by atoms with Crippen LogP contribution in [-0.2, 0) is 15.7 Å². The smallest absolute Gasteiger partial charge is 0.261 e. The molecule has 0 saturated carbocycles. The minimum atomic E-state index is -3.81. The number of ether oxygens (including phenoxy) is 1. The second kappa shape index (κ2) is 6.83. The van der Waals surface area contributed by atoms with Gasteiger partial charge in [0.15, 0.2) is 0 Å². The van der Waals surface area contributed by atoms with Crippen LogP contribution in [0.1, 0.15) is 5.56 Å². The van der Waals surface area contributed by atoms with Gasteiger partial charge in [-0.15, -0.1) is 0 Å². The standard InChI is InChI=1S/C12H7Br2Cl2NO3S/c13-9-3-8(21(16,18)19)4-10(14)12(9)20-6-7-1-2-17-5-11(7)15/h1-5H,6H2. The summed E-state index contributed by atoms with van der Waals surface area (Å²) in [6, 6.07) is 4.48. The molecule has 0 saturated heterocycles. The third-order valence-corrected chi connectivity index (χ3v) is 5.33. The maximum absolute atomic E-state index is 11.3. The minimum absolute atomic E-state index is 0.0304. The molecule has 1 aromatic heterocycles. The van der Waals surface area contributed by atoms with E-state index in [1.54, 1.807) is 12.3 Å². The average molecular weight is 476 g/mol. The van der Waals surface area contributed by atoms with E-state index >= 15 is 0 Å². The van der Waals surface area contributed by atoms with Crippen LogP contribution >= 0.6 is 54.1 Å². The first-order valence-electron chi connectivity index (χ1n) is 5.44. The summed E-state index contributed by atoms with van der Waals surface area (Å²) in [6.45, 7) is 0.214. The van der Waals surface area contributed by atoms with Crippen LogP contribution in [0.2, 0.25) is 5.02 Å². The molecule has 0 atom stereocenters. The van der Waals surface area contributed by atoms with E-state index < -0.39 is 9.05 Å². The minimum Gasteiger partial charge on any atom is -0.486 e. The van der Waals surface area contributed by atoms with Crippen molar-refractivity contribution in [2.75, 3.05) is 0 Å². The first-order chi connectivity index (χ1) is 9.79. The van der Waals surface area contributed by atoms with E-state index in [2.05, 4.69) is 36.8 Å². The molecule has 0 spiro atoms. The highest BCUT2D eigenvalue weighted by molar-refractivity contribution is 9.11. The van der Waals surface area contributed by atoms with Crippen molar-refractivity contribution < 1.29 is 13.2 Å². The summed E-state index contributed by atoms with van der Waals surface area (Å²) >= 11 is 12.5. The SMILES string of the molecule is O=S(=O)(Cl)c1cc(Br)c(OCc2ccncc2Cl)c(Br)c1. The first-order valence-corrected chi connectivity index (χ1v) is 9.71. The fourth-order valence-electron chi connectivity index (χ4n) is 1.49. The van der Waals surface area contributed by atoms with E-state index in [0.29, 0.717) is 19.7 Å². The van der Waals surface area contributed by atoms with E-state index in [4.69, 9.17) is 27.0 Å². The molecule has 2 aromatic rings. The Bertz CT molecular complexity index is 761. The lowest BCUT2D eigenvalue weighted by Gasteiger charge is -2.12. The van der Waals surface area contributed by atoms with E-state index in [-0.39, 0.29) is 11.5 Å². The van der Waals surface area contributed by atoms with Crippen LogP contribution in [0.4, 0.5) is 0 Å². The summed E-state index contributed by atoms with van der Waals surface area (Å²) in [7, 11) is 1.50. The highest BCUT2D eigenvalue weighted by atomic mass is 79.9. The summed E-state index contributed by atoms with van der Waals surface area (Å²) in [4.78, 5) is 3.86. The lowest BCUT2D eigenvalue weighted by Crippen LogP contribution is -1.99. The third kappa shape index (κ3) is 4.32. The van der Waals surface area contributed by atoms with Crippen molar-refractivity contribution in [1.29, 1.82) is 0 Å². The van der Waals surface area contributed by atoms with Gasteiger partial charge in [0.1, 0.15) is 12.4 Å². The van der Waals surface area contributed by atoms with Gasteiger partial charge in [0.2, 0.25) is 0 Å². The van der Waals surface area contributed by atoms with Crippen molar-refractivity contribution >= 4 is 63.2 Å². The molecule has 0 aliphatic heterocycles. The van der Waals surface area contributed by atoms with Gasteiger partial charge in [0.05, 0.1) is 18.9 Å². The largest absolute Gasteiger partial charge is 0.486 e. The molecule has 21 heavy (non-hydrogen) atoms. The second-order valence-electron chi connectivity index (χ2n) is 3.91. The molecule has 0 aliphatic rings. The van der Waals surface area contributed by atoms with Crippen molar-refractivity contribution in [2.45, 2.75) is 11.5 Å². The molecule has 2 rings (SSSR count). The Balaban J connectivity index is 2.28. The number of pyridine rings is 1. The lowest BCUT2D eigenvalue weighted by atomic mass is 10.3. The average Bonchev–Trinajstić information content (AvgIpc) is 2.38. The molecule has 0 N–H and O–H groups in total. The second-order valence-corrected chi connectivity index (χ2v) is 8.59. The number of aromatic nitrogens is 1. The van der Waals surface area contributed by atoms with Crippen LogP contribution in [0.15, 0.2) is 44.4 Å². The molecule has 0 bridgehead atoms. The molecular weight excluding hydrogens is 469 g/mol. The van der Waals surface area contributed by atoms with Gasteiger partial charge in [-0.1, -0.05) is 11.6 Å². The quantitative estimate of drug-likeness (QED) is 0.598. The van der Waals surface area contributed by atoms with E-state index in [0.717, 1.165) is 5.56 Å². The predicted octanol–water partition coefficient (Wildman–Crippen LogP) is 4.77. The van der Waals surface area contributed by atoms with Crippen LogP contribution in [0.3, 0.4) is 0 Å². The fraction of sp³-hybridized carbons (Fsp3) is 0.0833. The van der Waals surface area contributed by atoms with Crippen LogP contribution < -0.4 is 4.74 Å². The maximum Gasteiger partial charge on any atom is 0.261 e. The maximum atomic E-state index is 11.3. The number of benzene rings is 1. The van der Waals surface area contributed by atoms with Gasteiger partial charge in [0.25, 0.3) is 9.05 Å². The number of halogens is 4. The monoisotopic (exact) mass is 473 g/mol. The molecule has 1 heterocycles. The van der Waals surface area contributed by atoms with Gasteiger partial charge < -0.3 is 4.74 Å². The Labute approximate surface area is 148 Å². The highest BCUT2D eigenvalue weighted by Crippen LogP contribution is 2.37. The summed E-state index contributed by atoms with van der Waals surface area (Å²) in [5.41, 5.74) is 0.763. The normalized spacial score (nSPS) is 11.4. The number of rotatable bonds is 4. The molecule has 1 aromatic carbocycles. The zero-order valence-electron chi connectivity index (χ0n) is 10.2. The number of nitrogens with zero attached hydrogens (tertiary/aromatic N) is 1. The molecule has 112 valence electrons. The summed E-state index contributed by atoms with van der Waals surface area (Å²) < 4.78 is 29.2. The number of hydrogen-bond acceptors (Lipinski definition) is 4. The van der Waals surface area contributed by atoms with Gasteiger partial charge in [-0.2, -0.15) is 0 Å². The molecule has 0 amide bonds. The van der Waals surface area contributed by atoms with Crippen LogP contribution in [0, 0.1) is 0 Å². The first kappa shape index (κ1) is 17.0. The van der Waals surface area contributed by atoms with Gasteiger partial charge >= 0.3 is 0 Å². The Hall–Kier alpha value is -0.340. The molecule has 0 radical (unpaired) electrons. The van der Waals surface area contributed by atoms with Gasteiger partial charge in [-0.3, -0.25) is 4.98 Å². The van der Waals surface area contributed by atoms with Gasteiger partial charge in [-0.05, 0) is 50.1 Å². The van der Waals surface area contributed by atoms with Gasteiger partial charge in [0, 0.05) is 28.6 Å². The molecule has 0 unspecified atom stereocenters. The number of hydrogen-bond donors (Lipinski definition) is 0. The van der Waals surface area contributed by atoms with Gasteiger partial charge in [-0.25, -0.2) is 8.42 Å². The Kier molecular flexibility index (Phi) is 5.54. The van der Waals surface area contributed by atoms with Crippen molar-refractivity contribution in [1.82, 2.24) is 4.98 Å². The van der Waals surface area contributed by atoms with E-state index in [1.807, 2.05) is 0 Å². The molecule has 0 aliphatic carbocycles. The topological polar surface area (TPSA) is 56.3 Å². The van der Waals surface area contributed by atoms with Crippen LogP contribution in [0.25, 0.3) is 0 Å². The molecule has 9 heteroatoms. The highest BCUT2D eigenvalue weighted by Gasteiger charge is 2.16. The van der Waals surface area contributed by atoms with E-state index in [9.17, 15) is 8.42 Å². The summed E-state index contributed by atoms with van der Waals surface area (Å²) in [6.07, 6.45) is 3.13. The van der Waals surface area contributed by atoms with Crippen LogP contribution in [0.5, 0.6) is 5.75 Å². The molecular formula is C12H7Br2Cl2NO3S. The Morgan fingerprint density at radius 1 is 1.24 bits per heavy atom. The predicted molar refractivity (Wildman–Crippen MR) is 88.5 cm³/mol. The third-order valence-electron chi connectivity index (χ3n) is 2.48. The van der Waals surface area contributed by atoms with E-state index in [1.165, 1.54) is 18.3 Å². The van der Waals surface area contributed by atoms with Crippen molar-refractivity contribution in [3.05, 3.63) is 50.1 Å². The van der Waals surface area contributed by atoms with Crippen molar-refractivity contribution in [3.63, 3.8) is 0 Å². The Morgan fingerprint density at radius 3 is 2.38 bits per heavy atom. The van der Waals surface area contributed by atoms with Crippen molar-refractivity contribution in [3.8, 4) is 5.75 Å². The lowest BCUT2D eigenvalue weighted by molar-refractivity contribution is 0.302. The summed E-state index contributed by atoms with van der Waals surface area (Å²) in [5.74, 6) is 0.451. The summed E-state index contributed by atoms with van der Waals surface area (Å²) in [5, 5.41) is 0.490. The molecule has 4 nitrogen and oxygen atoms in total. The van der Waals surface area contributed by atoms with Crippen molar-refractivity contribution in [2.24, 2.45) is 0 Å².